The molecule has 0 amide bonds. The smallest absolute Gasteiger partial charge is 0.126 e. The lowest BCUT2D eigenvalue weighted by atomic mass is 10.1. The zero-order chi connectivity index (χ0) is 13.8. The molecule has 0 aliphatic heterocycles. The Morgan fingerprint density at radius 2 is 2.37 bits per heavy atom. The van der Waals surface area contributed by atoms with Crippen molar-refractivity contribution in [3.63, 3.8) is 0 Å². The molecule has 3 nitrogen and oxygen atoms in total. The van der Waals surface area contributed by atoms with Crippen LogP contribution in [0.4, 0.5) is 4.39 Å². The van der Waals surface area contributed by atoms with E-state index in [4.69, 9.17) is 4.74 Å². The molecular weight excluding hydrogens is 313 g/mol. The van der Waals surface area contributed by atoms with Gasteiger partial charge in [-0.25, -0.2) is 4.39 Å². The van der Waals surface area contributed by atoms with Gasteiger partial charge in [0, 0.05) is 17.6 Å². The van der Waals surface area contributed by atoms with Crippen molar-refractivity contribution in [2.45, 2.75) is 31.4 Å². The van der Waals surface area contributed by atoms with Crippen molar-refractivity contribution < 1.29 is 14.2 Å². The van der Waals surface area contributed by atoms with Crippen LogP contribution in [0.1, 0.15) is 30.0 Å². The van der Waals surface area contributed by atoms with Crippen LogP contribution in [0.25, 0.3) is 0 Å². The van der Waals surface area contributed by atoms with Crippen LogP contribution in [0.15, 0.2) is 16.6 Å². The highest BCUT2D eigenvalue weighted by molar-refractivity contribution is 9.10. The normalized spacial score (nSPS) is 19.5. The van der Waals surface area contributed by atoms with Crippen molar-refractivity contribution in [1.82, 2.24) is 5.32 Å². The summed E-state index contributed by atoms with van der Waals surface area (Å²) in [5, 5.41) is 13.0. The Morgan fingerprint density at radius 1 is 1.58 bits per heavy atom. The SMILES string of the molecule is COCC(O)CCNC1CCc2c(F)ccc(Br)c21. The summed E-state index contributed by atoms with van der Waals surface area (Å²) in [6.07, 6.45) is 1.84. The van der Waals surface area contributed by atoms with E-state index in [1.54, 1.807) is 13.2 Å². The monoisotopic (exact) mass is 331 g/mol. The maximum Gasteiger partial charge on any atom is 0.126 e. The summed E-state index contributed by atoms with van der Waals surface area (Å²) in [6.45, 7) is 1.04. The van der Waals surface area contributed by atoms with Gasteiger partial charge in [0.25, 0.3) is 0 Å². The Labute approximate surface area is 121 Å². The molecule has 0 bridgehead atoms. The van der Waals surface area contributed by atoms with Crippen LogP contribution >= 0.6 is 15.9 Å². The van der Waals surface area contributed by atoms with Gasteiger partial charge >= 0.3 is 0 Å². The van der Waals surface area contributed by atoms with E-state index in [2.05, 4.69) is 21.2 Å². The number of halogens is 2. The van der Waals surface area contributed by atoms with Gasteiger partial charge in [0.2, 0.25) is 0 Å². The number of methoxy groups -OCH3 is 1. The number of aliphatic hydroxyl groups is 1. The van der Waals surface area contributed by atoms with Gasteiger partial charge in [-0.1, -0.05) is 15.9 Å². The van der Waals surface area contributed by atoms with Crippen molar-refractivity contribution in [2.75, 3.05) is 20.3 Å². The van der Waals surface area contributed by atoms with Crippen LogP contribution in [-0.4, -0.2) is 31.5 Å². The molecule has 0 heterocycles. The fourth-order valence-electron chi connectivity index (χ4n) is 2.58. The Kier molecular flexibility index (Phi) is 5.33. The Balaban J connectivity index is 1.94. The molecule has 106 valence electrons. The van der Waals surface area contributed by atoms with E-state index in [-0.39, 0.29) is 11.9 Å². The largest absolute Gasteiger partial charge is 0.391 e. The number of nitrogens with one attached hydrogen (secondary N) is 1. The highest BCUT2D eigenvalue weighted by Crippen LogP contribution is 2.37. The second kappa shape index (κ2) is 6.79. The summed E-state index contributed by atoms with van der Waals surface area (Å²) in [5.74, 6) is -0.123. The average molecular weight is 332 g/mol. The van der Waals surface area contributed by atoms with Crippen LogP contribution in [-0.2, 0) is 11.2 Å². The van der Waals surface area contributed by atoms with Crippen LogP contribution in [0.3, 0.4) is 0 Å². The first-order valence-electron chi connectivity index (χ1n) is 6.50. The molecule has 1 aliphatic carbocycles. The number of ether oxygens (including phenoxy) is 1. The topological polar surface area (TPSA) is 41.5 Å². The van der Waals surface area contributed by atoms with E-state index in [1.807, 2.05) is 0 Å². The maximum atomic E-state index is 13.7. The lowest BCUT2D eigenvalue weighted by Gasteiger charge is -2.17. The van der Waals surface area contributed by atoms with Crippen LogP contribution in [0, 0.1) is 5.82 Å². The molecule has 0 saturated heterocycles. The number of benzene rings is 1. The fourth-order valence-corrected chi connectivity index (χ4v) is 3.23. The van der Waals surface area contributed by atoms with E-state index < -0.39 is 6.10 Å². The number of hydrogen-bond acceptors (Lipinski definition) is 3. The minimum Gasteiger partial charge on any atom is -0.391 e. The molecule has 1 aromatic rings. The predicted molar refractivity (Wildman–Crippen MR) is 75.7 cm³/mol. The zero-order valence-corrected chi connectivity index (χ0v) is 12.5. The molecule has 2 atom stereocenters. The second-order valence-electron chi connectivity index (χ2n) is 4.86. The van der Waals surface area contributed by atoms with Gasteiger partial charge in [0.1, 0.15) is 5.82 Å². The van der Waals surface area contributed by atoms with E-state index in [9.17, 15) is 9.50 Å². The molecule has 5 heteroatoms. The van der Waals surface area contributed by atoms with E-state index in [1.165, 1.54) is 6.07 Å². The quantitative estimate of drug-likeness (QED) is 0.841. The Bertz CT molecular complexity index is 442. The van der Waals surface area contributed by atoms with Gasteiger partial charge in [0.05, 0.1) is 12.7 Å². The van der Waals surface area contributed by atoms with Crippen molar-refractivity contribution in [2.24, 2.45) is 0 Å². The number of fused-ring (bicyclic) bond motifs is 1. The summed E-state index contributed by atoms with van der Waals surface area (Å²) in [7, 11) is 1.57. The molecule has 2 rings (SSSR count). The van der Waals surface area contributed by atoms with Gasteiger partial charge < -0.3 is 15.2 Å². The highest BCUT2D eigenvalue weighted by Gasteiger charge is 2.26. The van der Waals surface area contributed by atoms with E-state index in [0.29, 0.717) is 19.6 Å². The van der Waals surface area contributed by atoms with Crippen LogP contribution < -0.4 is 5.32 Å². The van der Waals surface area contributed by atoms with Gasteiger partial charge in [0.15, 0.2) is 0 Å². The summed E-state index contributed by atoms with van der Waals surface area (Å²) < 4.78 is 19.5. The molecule has 0 radical (unpaired) electrons. The first-order chi connectivity index (χ1) is 9.13. The Morgan fingerprint density at radius 3 is 3.11 bits per heavy atom. The molecule has 2 N–H and O–H groups in total. The lowest BCUT2D eigenvalue weighted by molar-refractivity contribution is 0.0589. The van der Waals surface area contributed by atoms with E-state index >= 15 is 0 Å². The summed E-state index contributed by atoms with van der Waals surface area (Å²) >= 11 is 3.49. The van der Waals surface area contributed by atoms with Gasteiger partial charge in [-0.15, -0.1) is 0 Å². The molecule has 1 aliphatic rings. The average Bonchev–Trinajstić information content (AvgIpc) is 2.80. The van der Waals surface area contributed by atoms with Crippen LogP contribution in [0.5, 0.6) is 0 Å². The van der Waals surface area contributed by atoms with Crippen molar-refractivity contribution >= 4 is 15.9 Å². The van der Waals surface area contributed by atoms with Crippen molar-refractivity contribution in [3.05, 3.63) is 33.5 Å². The molecule has 0 fully saturated rings. The molecule has 0 saturated carbocycles. The third-order valence-corrected chi connectivity index (χ3v) is 4.20. The number of rotatable bonds is 6. The predicted octanol–water partition coefficient (Wildman–Crippen LogP) is 2.56. The highest BCUT2D eigenvalue weighted by atomic mass is 79.9. The number of hydrogen-bond donors (Lipinski definition) is 2. The summed E-state index contributed by atoms with van der Waals surface area (Å²) in [4.78, 5) is 0. The molecule has 19 heavy (non-hydrogen) atoms. The molecule has 2 unspecified atom stereocenters. The Hall–Kier alpha value is -0.490. The second-order valence-corrected chi connectivity index (χ2v) is 5.72. The molecule has 0 aromatic heterocycles. The molecular formula is C14H19BrFNO2. The summed E-state index contributed by atoms with van der Waals surface area (Å²) in [6, 6.07) is 3.43. The molecule has 0 spiro atoms. The fraction of sp³-hybridized carbons (Fsp3) is 0.571. The van der Waals surface area contributed by atoms with Gasteiger partial charge in [-0.2, -0.15) is 0 Å². The van der Waals surface area contributed by atoms with E-state index in [0.717, 1.165) is 28.4 Å². The molecule has 1 aromatic carbocycles. The minimum absolute atomic E-state index is 0.123. The first kappa shape index (κ1) is 14.9. The summed E-state index contributed by atoms with van der Waals surface area (Å²) in [5.41, 5.74) is 1.84. The third kappa shape index (κ3) is 3.54. The third-order valence-electron chi connectivity index (χ3n) is 3.51. The maximum absolute atomic E-state index is 13.7. The first-order valence-corrected chi connectivity index (χ1v) is 7.30. The standard InChI is InChI=1S/C14H19BrFNO2/c1-19-8-9(18)6-7-17-13-5-2-10-12(16)4-3-11(15)14(10)13/h3-4,9,13,17-18H,2,5-8H2,1H3. The van der Waals surface area contributed by atoms with Gasteiger partial charge in [-0.05, 0) is 49.1 Å². The van der Waals surface area contributed by atoms with Crippen molar-refractivity contribution in [1.29, 1.82) is 0 Å². The number of aliphatic hydroxyl groups excluding tert-OH is 1. The van der Waals surface area contributed by atoms with Crippen molar-refractivity contribution in [3.8, 4) is 0 Å². The zero-order valence-electron chi connectivity index (χ0n) is 11.0. The minimum atomic E-state index is -0.450. The van der Waals surface area contributed by atoms with Gasteiger partial charge in [-0.3, -0.25) is 0 Å². The van der Waals surface area contributed by atoms with Crippen LogP contribution in [0.2, 0.25) is 0 Å². The lowest BCUT2D eigenvalue weighted by Crippen LogP contribution is -2.26.